The van der Waals surface area contributed by atoms with Crippen molar-refractivity contribution in [3.63, 3.8) is 0 Å². The van der Waals surface area contributed by atoms with E-state index in [4.69, 9.17) is 9.73 Å². The second-order valence-electron chi connectivity index (χ2n) is 7.87. The summed E-state index contributed by atoms with van der Waals surface area (Å²) in [5.41, 5.74) is 1.15. The topological polar surface area (TPSA) is 83.7 Å². The Kier molecular flexibility index (Phi) is 7.73. The minimum atomic E-state index is 0.611. The molecule has 1 aliphatic rings. The van der Waals surface area contributed by atoms with E-state index in [1.807, 2.05) is 30.5 Å². The molecule has 1 saturated heterocycles. The SMILES string of the molecule is CCc1nncn1CCNC(=NCc1ccc(OC)cc1)N1CCN(c2ccccn2)CC1. The van der Waals surface area contributed by atoms with Crippen molar-refractivity contribution in [3.05, 3.63) is 66.4 Å². The molecule has 1 fully saturated rings. The van der Waals surface area contributed by atoms with Crippen LogP contribution in [-0.2, 0) is 19.5 Å². The summed E-state index contributed by atoms with van der Waals surface area (Å²) < 4.78 is 7.36. The molecule has 3 aromatic rings. The second kappa shape index (κ2) is 11.3. The Bertz CT molecular complexity index is 1010. The van der Waals surface area contributed by atoms with E-state index in [2.05, 4.69) is 60.0 Å². The third kappa shape index (κ3) is 6.00. The standard InChI is InChI=1S/C24H32N8O/c1-3-22-29-28-19-32(22)13-12-26-24(27-18-20-7-9-21(33-2)10-8-20)31-16-14-30(15-17-31)23-6-4-5-11-25-23/h4-11,19H,3,12-18H2,1-2H3,(H,26,27). The lowest BCUT2D eigenvalue weighted by Crippen LogP contribution is -2.53. The zero-order chi connectivity index (χ0) is 22.9. The molecule has 4 rings (SSSR count). The van der Waals surface area contributed by atoms with Crippen molar-refractivity contribution in [1.82, 2.24) is 30.0 Å². The van der Waals surface area contributed by atoms with Gasteiger partial charge < -0.3 is 24.4 Å². The van der Waals surface area contributed by atoms with Crippen molar-refractivity contribution in [2.75, 3.05) is 44.7 Å². The number of nitrogens with zero attached hydrogens (tertiary/aromatic N) is 7. The summed E-state index contributed by atoms with van der Waals surface area (Å²) in [4.78, 5) is 14.1. The number of hydrogen-bond acceptors (Lipinski definition) is 6. The first kappa shape index (κ1) is 22.6. The number of guanidine groups is 1. The zero-order valence-corrected chi connectivity index (χ0v) is 19.4. The molecule has 0 spiro atoms. The summed E-state index contributed by atoms with van der Waals surface area (Å²) in [6, 6.07) is 14.1. The fourth-order valence-electron chi connectivity index (χ4n) is 3.88. The highest BCUT2D eigenvalue weighted by atomic mass is 16.5. The summed E-state index contributed by atoms with van der Waals surface area (Å²) in [6.07, 6.45) is 4.51. The maximum absolute atomic E-state index is 5.27. The molecule has 9 heteroatoms. The number of ether oxygens (including phenoxy) is 1. The summed E-state index contributed by atoms with van der Waals surface area (Å²) in [5, 5.41) is 11.8. The normalized spacial score (nSPS) is 14.4. The fourth-order valence-corrected chi connectivity index (χ4v) is 3.88. The molecule has 0 unspecified atom stereocenters. The number of aromatic nitrogens is 4. The minimum absolute atomic E-state index is 0.611. The number of pyridine rings is 1. The van der Waals surface area contributed by atoms with E-state index in [9.17, 15) is 0 Å². The van der Waals surface area contributed by atoms with Gasteiger partial charge in [0.2, 0.25) is 0 Å². The Morgan fingerprint density at radius 1 is 1.09 bits per heavy atom. The Morgan fingerprint density at radius 2 is 1.91 bits per heavy atom. The maximum Gasteiger partial charge on any atom is 0.194 e. The number of anilines is 1. The molecule has 1 aromatic carbocycles. The van der Waals surface area contributed by atoms with Crippen molar-refractivity contribution in [2.45, 2.75) is 26.4 Å². The van der Waals surface area contributed by atoms with Gasteiger partial charge >= 0.3 is 0 Å². The van der Waals surface area contributed by atoms with E-state index in [0.29, 0.717) is 6.54 Å². The predicted molar refractivity (Wildman–Crippen MR) is 130 cm³/mol. The van der Waals surface area contributed by atoms with Crippen LogP contribution in [0.25, 0.3) is 0 Å². The minimum Gasteiger partial charge on any atom is -0.497 e. The van der Waals surface area contributed by atoms with Gasteiger partial charge in [0.1, 0.15) is 23.7 Å². The molecular formula is C24H32N8O. The third-order valence-electron chi connectivity index (χ3n) is 5.77. The van der Waals surface area contributed by atoms with Gasteiger partial charge in [-0.15, -0.1) is 10.2 Å². The highest BCUT2D eigenvalue weighted by Gasteiger charge is 2.20. The van der Waals surface area contributed by atoms with Crippen LogP contribution in [0.2, 0.25) is 0 Å². The molecule has 0 atom stereocenters. The maximum atomic E-state index is 5.27. The van der Waals surface area contributed by atoms with Crippen LogP contribution in [0.4, 0.5) is 5.82 Å². The fraction of sp³-hybridized carbons (Fsp3) is 0.417. The molecule has 0 saturated carbocycles. The van der Waals surface area contributed by atoms with Gasteiger partial charge in [0.25, 0.3) is 0 Å². The van der Waals surface area contributed by atoms with Crippen molar-refractivity contribution < 1.29 is 4.74 Å². The van der Waals surface area contributed by atoms with Crippen LogP contribution in [0.5, 0.6) is 5.75 Å². The lowest BCUT2D eigenvalue weighted by atomic mass is 10.2. The number of piperazine rings is 1. The van der Waals surface area contributed by atoms with Gasteiger partial charge in [-0.1, -0.05) is 25.1 Å². The van der Waals surface area contributed by atoms with Crippen LogP contribution < -0.4 is 15.0 Å². The third-order valence-corrected chi connectivity index (χ3v) is 5.77. The van der Waals surface area contributed by atoms with Crippen LogP contribution in [0.1, 0.15) is 18.3 Å². The van der Waals surface area contributed by atoms with E-state index in [1.54, 1.807) is 13.4 Å². The van der Waals surface area contributed by atoms with Gasteiger partial charge in [0.05, 0.1) is 13.7 Å². The number of rotatable bonds is 8. The Labute approximate surface area is 195 Å². The summed E-state index contributed by atoms with van der Waals surface area (Å²) in [7, 11) is 1.68. The van der Waals surface area contributed by atoms with Crippen LogP contribution in [0, 0.1) is 0 Å². The Balaban J connectivity index is 1.41. The highest BCUT2D eigenvalue weighted by Crippen LogP contribution is 2.14. The average molecular weight is 449 g/mol. The summed E-state index contributed by atoms with van der Waals surface area (Å²) >= 11 is 0. The first-order valence-corrected chi connectivity index (χ1v) is 11.5. The van der Waals surface area contributed by atoms with Crippen molar-refractivity contribution >= 4 is 11.8 Å². The van der Waals surface area contributed by atoms with Crippen LogP contribution in [-0.4, -0.2) is 70.4 Å². The average Bonchev–Trinajstić information content (AvgIpc) is 3.34. The predicted octanol–water partition coefficient (Wildman–Crippen LogP) is 2.21. The number of benzene rings is 1. The molecule has 33 heavy (non-hydrogen) atoms. The van der Waals surface area contributed by atoms with Crippen molar-refractivity contribution in [2.24, 2.45) is 4.99 Å². The van der Waals surface area contributed by atoms with E-state index in [-0.39, 0.29) is 0 Å². The van der Waals surface area contributed by atoms with Crippen LogP contribution in [0.15, 0.2) is 60.0 Å². The lowest BCUT2D eigenvalue weighted by Gasteiger charge is -2.37. The summed E-state index contributed by atoms with van der Waals surface area (Å²) in [6.45, 7) is 7.85. The quantitative estimate of drug-likeness (QED) is 0.418. The van der Waals surface area contributed by atoms with Crippen LogP contribution in [0.3, 0.4) is 0 Å². The lowest BCUT2D eigenvalue weighted by molar-refractivity contribution is 0.369. The smallest absolute Gasteiger partial charge is 0.194 e. The molecule has 0 radical (unpaired) electrons. The van der Waals surface area contributed by atoms with Gasteiger partial charge in [0.15, 0.2) is 5.96 Å². The Hall–Kier alpha value is -3.62. The van der Waals surface area contributed by atoms with Gasteiger partial charge in [-0.2, -0.15) is 0 Å². The zero-order valence-electron chi connectivity index (χ0n) is 19.4. The van der Waals surface area contributed by atoms with Crippen molar-refractivity contribution in [3.8, 4) is 5.75 Å². The number of methoxy groups -OCH3 is 1. The number of nitrogens with one attached hydrogen (secondary N) is 1. The molecule has 0 bridgehead atoms. The number of aliphatic imine (C=N–C) groups is 1. The van der Waals surface area contributed by atoms with E-state index >= 15 is 0 Å². The summed E-state index contributed by atoms with van der Waals surface area (Å²) in [5.74, 6) is 3.81. The first-order chi connectivity index (χ1) is 16.3. The highest BCUT2D eigenvalue weighted by molar-refractivity contribution is 5.80. The molecule has 1 N–H and O–H groups in total. The van der Waals surface area contributed by atoms with E-state index in [0.717, 1.165) is 74.6 Å². The molecule has 174 valence electrons. The molecule has 0 aliphatic carbocycles. The largest absolute Gasteiger partial charge is 0.497 e. The van der Waals surface area contributed by atoms with Crippen molar-refractivity contribution in [1.29, 1.82) is 0 Å². The van der Waals surface area contributed by atoms with Crippen LogP contribution >= 0.6 is 0 Å². The van der Waals surface area contributed by atoms with E-state index in [1.165, 1.54) is 0 Å². The van der Waals surface area contributed by atoms with Gasteiger partial charge in [0, 0.05) is 51.9 Å². The number of aryl methyl sites for hydroxylation is 1. The van der Waals surface area contributed by atoms with Gasteiger partial charge in [-0.25, -0.2) is 9.98 Å². The first-order valence-electron chi connectivity index (χ1n) is 11.5. The van der Waals surface area contributed by atoms with Gasteiger partial charge in [-0.05, 0) is 29.8 Å². The van der Waals surface area contributed by atoms with Gasteiger partial charge in [-0.3, -0.25) is 0 Å². The monoisotopic (exact) mass is 448 g/mol. The number of hydrogen-bond donors (Lipinski definition) is 1. The molecule has 0 amide bonds. The molecule has 2 aromatic heterocycles. The van der Waals surface area contributed by atoms with E-state index < -0.39 is 0 Å². The molecular weight excluding hydrogens is 416 g/mol. The Morgan fingerprint density at radius 3 is 2.61 bits per heavy atom. The second-order valence-corrected chi connectivity index (χ2v) is 7.87. The molecule has 1 aliphatic heterocycles. The molecule has 3 heterocycles. The molecule has 9 nitrogen and oxygen atoms in total.